The van der Waals surface area contributed by atoms with Crippen molar-refractivity contribution in [3.05, 3.63) is 83.3 Å². The van der Waals surface area contributed by atoms with E-state index in [1.165, 1.54) is 12.5 Å². The van der Waals surface area contributed by atoms with Gasteiger partial charge in [0, 0.05) is 60.3 Å². The van der Waals surface area contributed by atoms with E-state index in [1.807, 2.05) is 11.0 Å². The zero-order chi connectivity index (χ0) is 31.3. The number of phenolic OH excluding ortho intramolecular Hbond substituents is 1. The summed E-state index contributed by atoms with van der Waals surface area (Å²) in [6.07, 6.45) is 10.6. The lowest BCUT2D eigenvalue weighted by Gasteiger charge is -2.60. The molecule has 0 unspecified atom stereocenters. The van der Waals surface area contributed by atoms with Crippen molar-refractivity contribution in [2.75, 3.05) is 19.6 Å². The Morgan fingerprint density at radius 1 is 1.20 bits per heavy atom. The highest BCUT2D eigenvalue weighted by atomic mass is 16.5. The van der Waals surface area contributed by atoms with Gasteiger partial charge in [0.2, 0.25) is 5.91 Å². The second-order valence-electron chi connectivity index (χ2n) is 13.6. The van der Waals surface area contributed by atoms with E-state index in [-0.39, 0.29) is 35.8 Å². The number of esters is 1. The Labute approximate surface area is 264 Å². The van der Waals surface area contributed by atoms with E-state index < -0.39 is 11.4 Å². The predicted octanol–water partition coefficient (Wildman–Crippen LogP) is 5.76. The lowest BCUT2D eigenvalue weighted by atomic mass is 9.50. The van der Waals surface area contributed by atoms with Gasteiger partial charge in [0.15, 0.2) is 11.5 Å². The van der Waals surface area contributed by atoms with E-state index in [0.717, 1.165) is 61.9 Å². The van der Waals surface area contributed by atoms with Crippen LogP contribution in [0.1, 0.15) is 62.3 Å². The Bertz CT molecular complexity index is 1600. The second-order valence-corrected chi connectivity index (χ2v) is 13.6. The van der Waals surface area contributed by atoms with Crippen LogP contribution in [-0.2, 0) is 27.8 Å². The summed E-state index contributed by atoms with van der Waals surface area (Å²) in [4.78, 5) is 30.8. The summed E-state index contributed by atoms with van der Waals surface area (Å²) in [6, 6.07) is 14.0. The predicted molar refractivity (Wildman–Crippen MR) is 170 cm³/mol. The fourth-order valence-electron chi connectivity index (χ4n) is 8.82. The van der Waals surface area contributed by atoms with Crippen LogP contribution < -0.4 is 9.47 Å². The van der Waals surface area contributed by atoms with Crippen molar-refractivity contribution in [3.8, 4) is 17.2 Å². The molecule has 2 aliphatic heterocycles. The van der Waals surface area contributed by atoms with Crippen molar-refractivity contribution in [2.45, 2.75) is 76.5 Å². The molecule has 7 rings (SSSR count). The van der Waals surface area contributed by atoms with Gasteiger partial charge in [0.1, 0.15) is 11.9 Å². The maximum atomic E-state index is 13.9. The lowest BCUT2D eigenvalue weighted by Crippen LogP contribution is -2.69. The number of rotatable bonds is 9. The van der Waals surface area contributed by atoms with Gasteiger partial charge in [-0.25, -0.2) is 0 Å². The van der Waals surface area contributed by atoms with Crippen molar-refractivity contribution in [3.63, 3.8) is 0 Å². The molecule has 3 heterocycles. The average molecular weight is 611 g/mol. The van der Waals surface area contributed by atoms with Gasteiger partial charge in [-0.2, -0.15) is 0 Å². The van der Waals surface area contributed by atoms with Crippen molar-refractivity contribution < 1.29 is 28.6 Å². The van der Waals surface area contributed by atoms with Crippen LogP contribution in [-0.4, -0.2) is 64.6 Å². The van der Waals surface area contributed by atoms with Gasteiger partial charge < -0.3 is 23.9 Å². The van der Waals surface area contributed by atoms with E-state index in [4.69, 9.17) is 13.9 Å². The molecule has 1 spiro atoms. The van der Waals surface area contributed by atoms with Crippen LogP contribution in [0.25, 0.3) is 6.08 Å². The number of amides is 1. The molecule has 1 saturated heterocycles. The lowest BCUT2D eigenvalue weighted by molar-refractivity contribution is -0.138. The van der Waals surface area contributed by atoms with Crippen LogP contribution in [0.5, 0.6) is 17.2 Å². The molecule has 4 aliphatic rings. The van der Waals surface area contributed by atoms with Crippen LogP contribution in [0.2, 0.25) is 0 Å². The quantitative estimate of drug-likeness (QED) is 0.187. The number of piperidine rings is 1. The number of aromatic hydroxyl groups is 1. The fourth-order valence-corrected chi connectivity index (χ4v) is 8.82. The van der Waals surface area contributed by atoms with Gasteiger partial charge in [-0.05, 0) is 68.2 Å². The Kier molecular flexibility index (Phi) is 7.72. The molecule has 236 valence electrons. The Morgan fingerprint density at radius 3 is 2.76 bits per heavy atom. The summed E-state index contributed by atoms with van der Waals surface area (Å²) in [7, 11) is 0. The first-order valence-corrected chi connectivity index (χ1v) is 16.3. The molecule has 2 aromatic carbocycles. The van der Waals surface area contributed by atoms with Gasteiger partial charge in [-0.1, -0.05) is 44.2 Å². The molecule has 3 aromatic rings. The number of furan rings is 1. The molecule has 8 heteroatoms. The highest BCUT2D eigenvalue weighted by Gasteiger charge is 2.67. The number of carbonyl (C=O) groups excluding carboxylic acids is 2. The largest absolute Gasteiger partial charge is 0.504 e. The van der Waals surface area contributed by atoms with Crippen molar-refractivity contribution in [2.24, 2.45) is 11.8 Å². The summed E-state index contributed by atoms with van der Waals surface area (Å²) in [6.45, 7) is 8.10. The third-order valence-corrected chi connectivity index (χ3v) is 10.5. The zero-order valence-corrected chi connectivity index (χ0v) is 26.3. The molecule has 1 saturated carbocycles. The van der Waals surface area contributed by atoms with Gasteiger partial charge in [-0.3, -0.25) is 14.5 Å². The van der Waals surface area contributed by atoms with Gasteiger partial charge in [0.05, 0.1) is 18.6 Å². The summed E-state index contributed by atoms with van der Waals surface area (Å²) in [5, 5.41) is 11.3. The number of ether oxygens (including phenoxy) is 2. The minimum atomic E-state index is -0.411. The molecule has 1 N–H and O–H groups in total. The van der Waals surface area contributed by atoms with Crippen molar-refractivity contribution >= 4 is 18.0 Å². The van der Waals surface area contributed by atoms with Crippen LogP contribution in [0.4, 0.5) is 0 Å². The summed E-state index contributed by atoms with van der Waals surface area (Å²) < 4.78 is 17.8. The van der Waals surface area contributed by atoms with E-state index in [2.05, 4.69) is 49.1 Å². The first-order valence-electron chi connectivity index (χ1n) is 16.3. The van der Waals surface area contributed by atoms with E-state index in [0.29, 0.717) is 24.0 Å². The Balaban J connectivity index is 1.28. The second kappa shape index (κ2) is 11.7. The van der Waals surface area contributed by atoms with Crippen LogP contribution in [0, 0.1) is 11.8 Å². The van der Waals surface area contributed by atoms with Gasteiger partial charge in [-0.15, -0.1) is 0 Å². The molecule has 2 aliphatic carbocycles. The number of phenols is 1. The maximum absolute atomic E-state index is 13.9. The van der Waals surface area contributed by atoms with E-state index in [1.54, 1.807) is 30.7 Å². The van der Waals surface area contributed by atoms with Crippen LogP contribution in [0.15, 0.2) is 65.5 Å². The molecular formula is C37H42N2O6. The smallest absolute Gasteiger partial charge is 0.308 e. The highest BCUT2D eigenvalue weighted by Crippen LogP contribution is 2.65. The normalized spacial score (nSPS) is 26.5. The third kappa shape index (κ3) is 5.13. The van der Waals surface area contributed by atoms with E-state index in [9.17, 15) is 14.7 Å². The molecule has 5 atom stereocenters. The molecule has 2 fully saturated rings. The molecule has 45 heavy (non-hydrogen) atoms. The summed E-state index contributed by atoms with van der Waals surface area (Å²) in [5.74, 6) is 1.02. The SMILES string of the molecule is CC(=O)Oc1cc(O)c2c3c1C[C@@H]1[C@@H]4CC[C@@H](N(CC(C)C)C(=O)/C=C/c5ccoc5)[C@H](O2)[C@]34CCN1CCc1ccccc1. The minimum absolute atomic E-state index is 0.00202. The van der Waals surface area contributed by atoms with Crippen molar-refractivity contribution in [1.29, 1.82) is 0 Å². The third-order valence-electron chi connectivity index (χ3n) is 10.5. The fraction of sp³-hybridized carbons (Fsp3) is 0.459. The van der Waals surface area contributed by atoms with E-state index >= 15 is 0 Å². The first kappa shape index (κ1) is 29.7. The molecule has 1 aromatic heterocycles. The number of nitrogens with zero attached hydrogens (tertiary/aromatic N) is 2. The maximum Gasteiger partial charge on any atom is 0.308 e. The van der Waals surface area contributed by atoms with Crippen LogP contribution >= 0.6 is 0 Å². The highest BCUT2D eigenvalue weighted by molar-refractivity contribution is 5.92. The molecule has 0 radical (unpaired) electrons. The number of hydrogen-bond donors (Lipinski definition) is 1. The van der Waals surface area contributed by atoms with Gasteiger partial charge >= 0.3 is 5.97 Å². The monoisotopic (exact) mass is 610 g/mol. The Hall–Kier alpha value is -4.04. The first-order chi connectivity index (χ1) is 21.8. The minimum Gasteiger partial charge on any atom is -0.504 e. The van der Waals surface area contributed by atoms with Crippen molar-refractivity contribution in [1.82, 2.24) is 9.80 Å². The average Bonchev–Trinajstić information content (AvgIpc) is 3.66. The topological polar surface area (TPSA) is 92.5 Å². The molecular weight excluding hydrogens is 568 g/mol. The van der Waals surface area contributed by atoms with Gasteiger partial charge in [0.25, 0.3) is 0 Å². The number of hydrogen-bond acceptors (Lipinski definition) is 7. The molecule has 8 nitrogen and oxygen atoms in total. The zero-order valence-electron chi connectivity index (χ0n) is 26.3. The number of likely N-dealkylation sites (tertiary alicyclic amines) is 1. The summed E-state index contributed by atoms with van der Waals surface area (Å²) in [5.41, 5.74) is 3.73. The standard InChI is InChI=1S/C37H42N2O6/c1-23(2)21-39(33(42)12-9-26-14-18-43-22-26)29-11-10-28-30-19-27-32(44-24(3)40)20-31(41)35-34(27)37(28,36(29)45-35)15-17-38(30)16-13-25-7-5-4-6-8-25/h4-9,12,14,18,20,22-23,28-30,36,41H,10-11,13,15-17,19,21H2,1-3H3/b12-9+/t28-,29+,30+,36-,37-/m0/s1. The van der Waals surface area contributed by atoms with Crippen LogP contribution in [0.3, 0.4) is 0 Å². The summed E-state index contributed by atoms with van der Waals surface area (Å²) >= 11 is 0. The molecule has 1 amide bonds. The number of carbonyl (C=O) groups is 2. The molecule has 2 bridgehead atoms. The number of benzene rings is 2. The Morgan fingerprint density at radius 2 is 2.02 bits per heavy atom.